The topological polar surface area (TPSA) is 104 Å². The van der Waals surface area contributed by atoms with Gasteiger partial charge in [0.15, 0.2) is 27.3 Å². The van der Waals surface area contributed by atoms with Crippen LogP contribution in [0.2, 0.25) is 0 Å². The average Bonchev–Trinajstić information content (AvgIpc) is 2.89. The van der Waals surface area contributed by atoms with Crippen LogP contribution in [0.3, 0.4) is 0 Å². The Morgan fingerprint density at radius 2 is 1.95 bits per heavy atom. The Labute approximate surface area is 119 Å². The highest BCUT2D eigenvalue weighted by Crippen LogP contribution is 2.26. The first-order valence-electron chi connectivity index (χ1n) is 6.05. The van der Waals surface area contributed by atoms with E-state index in [1.165, 1.54) is 11.6 Å². The van der Waals surface area contributed by atoms with Gasteiger partial charge in [0.2, 0.25) is 0 Å². The van der Waals surface area contributed by atoms with Crippen molar-refractivity contribution in [3.63, 3.8) is 0 Å². The van der Waals surface area contributed by atoms with Crippen molar-refractivity contribution < 1.29 is 17.2 Å². The summed E-state index contributed by atoms with van der Waals surface area (Å²) in [5, 5.41) is 10.7. The first kappa shape index (κ1) is 15.3. The number of aromatic nitrogens is 4. The summed E-state index contributed by atoms with van der Waals surface area (Å²) in [6.07, 6.45) is 0. The van der Waals surface area contributed by atoms with Crippen molar-refractivity contribution in [1.29, 1.82) is 0 Å². The number of aryl methyl sites for hydroxylation is 1. The highest BCUT2D eigenvalue weighted by atomic mass is 32.2. The minimum absolute atomic E-state index is 0.00221. The zero-order valence-corrected chi connectivity index (χ0v) is 11.9. The zero-order chi connectivity index (χ0) is 15.6. The first-order chi connectivity index (χ1) is 9.84. The molecule has 0 amide bonds. The minimum Gasteiger partial charge on any atom is -0.398 e. The third-order valence-corrected chi connectivity index (χ3v) is 4.60. The Balaban J connectivity index is 2.35. The van der Waals surface area contributed by atoms with Crippen molar-refractivity contribution in [2.45, 2.75) is 13.5 Å². The van der Waals surface area contributed by atoms with Crippen LogP contribution in [-0.2, 0) is 16.4 Å². The van der Waals surface area contributed by atoms with Crippen LogP contribution in [0.25, 0.3) is 11.4 Å². The van der Waals surface area contributed by atoms with Crippen molar-refractivity contribution in [2.24, 2.45) is 0 Å². The number of nitrogens with zero attached hydrogens (tertiary/aromatic N) is 4. The quantitative estimate of drug-likeness (QED) is 0.811. The van der Waals surface area contributed by atoms with Crippen LogP contribution in [0.15, 0.2) is 12.1 Å². The van der Waals surface area contributed by atoms with Gasteiger partial charge in [-0.05, 0) is 16.5 Å². The lowest BCUT2D eigenvalue weighted by atomic mass is 10.1. The average molecular weight is 317 g/mol. The summed E-state index contributed by atoms with van der Waals surface area (Å²) in [7, 11) is -3.20. The van der Waals surface area contributed by atoms with Gasteiger partial charge in [-0.3, -0.25) is 0 Å². The lowest BCUT2D eigenvalue weighted by Crippen LogP contribution is -2.16. The van der Waals surface area contributed by atoms with E-state index in [0.717, 1.165) is 12.1 Å². The van der Waals surface area contributed by atoms with Crippen molar-refractivity contribution in [2.75, 3.05) is 17.2 Å². The van der Waals surface area contributed by atoms with Gasteiger partial charge >= 0.3 is 0 Å². The van der Waals surface area contributed by atoms with E-state index in [1.807, 2.05) is 0 Å². The standard InChI is InChI=1S/C11H13F2N5O2S/c1-2-21(19,20)4-3-18-11(15-16-17-18)7-5-8(12)9(13)6-10(7)14/h5-6H,2-4,14H2,1H3. The highest BCUT2D eigenvalue weighted by molar-refractivity contribution is 7.91. The molecule has 7 nitrogen and oxygen atoms in total. The molecule has 0 aliphatic heterocycles. The van der Waals surface area contributed by atoms with E-state index in [2.05, 4.69) is 15.5 Å². The summed E-state index contributed by atoms with van der Waals surface area (Å²) >= 11 is 0. The van der Waals surface area contributed by atoms with Crippen LogP contribution in [-0.4, -0.2) is 40.1 Å². The fraction of sp³-hybridized carbons (Fsp3) is 0.364. The van der Waals surface area contributed by atoms with E-state index in [-0.39, 0.29) is 35.1 Å². The number of halogens is 2. The maximum Gasteiger partial charge on any atom is 0.184 e. The molecule has 114 valence electrons. The van der Waals surface area contributed by atoms with Crippen LogP contribution in [0, 0.1) is 11.6 Å². The third-order valence-electron chi connectivity index (χ3n) is 2.92. The number of anilines is 1. The van der Waals surface area contributed by atoms with Gasteiger partial charge in [0.25, 0.3) is 0 Å². The van der Waals surface area contributed by atoms with E-state index in [9.17, 15) is 17.2 Å². The molecule has 0 aliphatic rings. The lowest BCUT2D eigenvalue weighted by molar-refractivity contribution is 0.509. The highest BCUT2D eigenvalue weighted by Gasteiger charge is 2.17. The monoisotopic (exact) mass is 317 g/mol. The molecule has 0 aliphatic carbocycles. The number of nitrogens with two attached hydrogens (primary N) is 1. The Morgan fingerprint density at radius 3 is 2.62 bits per heavy atom. The van der Waals surface area contributed by atoms with Gasteiger partial charge in [0.1, 0.15) is 0 Å². The first-order valence-corrected chi connectivity index (χ1v) is 7.87. The van der Waals surface area contributed by atoms with Gasteiger partial charge in [-0.25, -0.2) is 21.9 Å². The summed E-state index contributed by atoms with van der Waals surface area (Å²) in [6, 6.07) is 1.70. The predicted octanol–water partition coefficient (Wildman–Crippen LogP) is 0.635. The van der Waals surface area contributed by atoms with E-state index in [1.54, 1.807) is 0 Å². The largest absolute Gasteiger partial charge is 0.398 e. The SMILES string of the molecule is CCS(=O)(=O)CCn1nnnc1-c1cc(F)c(F)cc1N. The lowest BCUT2D eigenvalue weighted by Gasteiger charge is -2.07. The molecule has 21 heavy (non-hydrogen) atoms. The number of nitrogen functional groups attached to an aromatic ring is 1. The van der Waals surface area contributed by atoms with Gasteiger partial charge < -0.3 is 5.73 Å². The molecule has 2 N–H and O–H groups in total. The predicted molar refractivity (Wildman–Crippen MR) is 71.9 cm³/mol. The second-order valence-electron chi connectivity index (χ2n) is 4.32. The van der Waals surface area contributed by atoms with Gasteiger partial charge in [-0.15, -0.1) is 5.10 Å². The molecule has 0 unspecified atom stereocenters. The zero-order valence-electron chi connectivity index (χ0n) is 11.1. The summed E-state index contributed by atoms with van der Waals surface area (Å²) < 4.78 is 50.5. The van der Waals surface area contributed by atoms with Crippen LogP contribution < -0.4 is 5.73 Å². The van der Waals surface area contributed by atoms with Gasteiger partial charge in [0.05, 0.1) is 12.3 Å². The number of hydrogen-bond acceptors (Lipinski definition) is 6. The number of sulfone groups is 1. The molecule has 0 radical (unpaired) electrons. The van der Waals surface area contributed by atoms with E-state index in [0.29, 0.717) is 0 Å². The maximum atomic E-state index is 13.3. The molecule has 0 bridgehead atoms. The Kier molecular flexibility index (Phi) is 4.16. The van der Waals surface area contributed by atoms with Crippen molar-refractivity contribution >= 4 is 15.5 Å². The fourth-order valence-electron chi connectivity index (χ4n) is 1.67. The van der Waals surface area contributed by atoms with E-state index >= 15 is 0 Å². The number of rotatable bonds is 5. The minimum atomic E-state index is -3.20. The second kappa shape index (κ2) is 5.72. The summed E-state index contributed by atoms with van der Waals surface area (Å²) in [5.74, 6) is -2.25. The van der Waals surface area contributed by atoms with Crippen molar-refractivity contribution in [3.05, 3.63) is 23.8 Å². The molecule has 2 aromatic rings. The molecular weight excluding hydrogens is 304 g/mol. The molecule has 10 heteroatoms. The number of benzene rings is 1. The van der Waals surface area contributed by atoms with Gasteiger partial charge in [0, 0.05) is 23.1 Å². The van der Waals surface area contributed by atoms with Gasteiger partial charge in [-0.1, -0.05) is 6.92 Å². The molecule has 0 saturated carbocycles. The normalized spacial score (nSPS) is 11.8. The van der Waals surface area contributed by atoms with Crippen molar-refractivity contribution in [1.82, 2.24) is 20.2 Å². The van der Waals surface area contributed by atoms with E-state index in [4.69, 9.17) is 5.73 Å². The van der Waals surface area contributed by atoms with Crippen LogP contribution in [0.4, 0.5) is 14.5 Å². The summed E-state index contributed by atoms with van der Waals surface area (Å²) in [5.41, 5.74) is 5.69. The second-order valence-corrected chi connectivity index (χ2v) is 6.79. The number of tetrazole rings is 1. The van der Waals surface area contributed by atoms with Crippen LogP contribution >= 0.6 is 0 Å². The van der Waals surface area contributed by atoms with Crippen LogP contribution in [0.1, 0.15) is 6.92 Å². The molecule has 1 aromatic heterocycles. The third kappa shape index (κ3) is 3.32. The summed E-state index contributed by atoms with van der Waals surface area (Å²) in [4.78, 5) is 0. The Bertz CT molecular complexity index is 760. The van der Waals surface area contributed by atoms with Crippen LogP contribution in [0.5, 0.6) is 0 Å². The van der Waals surface area contributed by atoms with E-state index < -0.39 is 21.5 Å². The maximum absolute atomic E-state index is 13.3. The molecule has 0 saturated heterocycles. The number of hydrogen-bond donors (Lipinski definition) is 1. The molecule has 1 heterocycles. The molecule has 2 rings (SSSR count). The fourth-order valence-corrected chi connectivity index (χ4v) is 2.41. The molecule has 1 aromatic carbocycles. The molecule has 0 atom stereocenters. The molecule has 0 fully saturated rings. The Hall–Kier alpha value is -2.10. The van der Waals surface area contributed by atoms with Gasteiger partial charge in [-0.2, -0.15) is 0 Å². The molecule has 0 spiro atoms. The smallest absolute Gasteiger partial charge is 0.184 e. The summed E-state index contributed by atoms with van der Waals surface area (Å²) in [6.45, 7) is 1.53. The van der Waals surface area contributed by atoms with Crippen molar-refractivity contribution in [3.8, 4) is 11.4 Å². The Morgan fingerprint density at radius 1 is 1.29 bits per heavy atom. The molecular formula is C11H13F2N5O2S.